The van der Waals surface area contributed by atoms with Gasteiger partial charge < -0.3 is 35.0 Å². The van der Waals surface area contributed by atoms with Gasteiger partial charge >= 0.3 is 23.9 Å². The Balaban J connectivity index is 1.91. The van der Waals surface area contributed by atoms with Gasteiger partial charge in [0.1, 0.15) is 38.5 Å². The lowest BCUT2D eigenvalue weighted by molar-refractivity contribution is -0.138. The smallest absolute Gasteiger partial charge is 0.323 e. The van der Waals surface area contributed by atoms with Crippen LogP contribution in [0.1, 0.15) is 5.69 Å². The SMILES string of the molecule is O=C(O)CN(CC(=O)O)c1ccccc1OCc1ccc2cccc(N(CC(=O)O)CC(=O)O)c2n1. The summed E-state index contributed by atoms with van der Waals surface area (Å²) in [7, 11) is 0. The first-order valence-corrected chi connectivity index (χ1v) is 10.6. The zero-order chi connectivity index (χ0) is 26.2. The summed E-state index contributed by atoms with van der Waals surface area (Å²) in [6, 6.07) is 14.8. The fraction of sp³-hybridized carbons (Fsp3) is 0.208. The van der Waals surface area contributed by atoms with Gasteiger partial charge in [0.15, 0.2) is 0 Å². The minimum absolute atomic E-state index is 0.0763. The van der Waals surface area contributed by atoms with Crippen LogP contribution in [-0.4, -0.2) is 75.5 Å². The first-order valence-electron chi connectivity index (χ1n) is 10.6. The van der Waals surface area contributed by atoms with Gasteiger partial charge in [0.05, 0.1) is 22.6 Å². The molecule has 0 aliphatic rings. The number of nitrogens with zero attached hydrogens (tertiary/aromatic N) is 3. The first kappa shape index (κ1) is 25.7. The van der Waals surface area contributed by atoms with Crippen LogP contribution in [0, 0.1) is 0 Å². The molecule has 0 radical (unpaired) electrons. The Morgan fingerprint density at radius 2 is 1.19 bits per heavy atom. The van der Waals surface area contributed by atoms with E-state index in [0.29, 0.717) is 22.3 Å². The molecule has 0 atom stereocenters. The lowest BCUT2D eigenvalue weighted by atomic mass is 10.1. The highest BCUT2D eigenvalue weighted by atomic mass is 16.5. The van der Waals surface area contributed by atoms with E-state index in [1.807, 2.05) is 0 Å². The Kier molecular flexibility index (Phi) is 8.23. The van der Waals surface area contributed by atoms with E-state index >= 15 is 0 Å². The predicted molar refractivity (Wildman–Crippen MR) is 127 cm³/mol. The minimum atomic E-state index is -1.21. The average Bonchev–Trinajstić information content (AvgIpc) is 2.80. The number of benzene rings is 2. The zero-order valence-electron chi connectivity index (χ0n) is 18.9. The van der Waals surface area contributed by atoms with Crippen LogP contribution in [0.3, 0.4) is 0 Å². The Labute approximate surface area is 204 Å². The number of para-hydroxylation sites is 3. The topological polar surface area (TPSA) is 178 Å². The molecular formula is C24H23N3O9. The van der Waals surface area contributed by atoms with Crippen molar-refractivity contribution in [3.05, 3.63) is 60.3 Å². The number of pyridine rings is 1. The zero-order valence-corrected chi connectivity index (χ0v) is 18.9. The third kappa shape index (κ3) is 6.82. The monoisotopic (exact) mass is 497 g/mol. The number of aromatic nitrogens is 1. The number of carboxylic acid groups (broad SMARTS) is 4. The van der Waals surface area contributed by atoms with E-state index in [2.05, 4.69) is 4.98 Å². The maximum Gasteiger partial charge on any atom is 0.323 e. The molecule has 36 heavy (non-hydrogen) atoms. The fourth-order valence-electron chi connectivity index (χ4n) is 3.61. The highest BCUT2D eigenvalue weighted by Gasteiger charge is 2.19. The number of carboxylic acids is 4. The number of hydrogen-bond donors (Lipinski definition) is 4. The van der Waals surface area contributed by atoms with Gasteiger partial charge in [-0.1, -0.05) is 30.3 Å². The molecule has 188 valence electrons. The summed E-state index contributed by atoms with van der Waals surface area (Å²) in [5.41, 5.74) is 1.41. The second-order valence-electron chi connectivity index (χ2n) is 7.69. The molecule has 0 fully saturated rings. The molecule has 0 spiro atoms. The van der Waals surface area contributed by atoms with Crippen LogP contribution in [0.2, 0.25) is 0 Å². The summed E-state index contributed by atoms with van der Waals surface area (Å²) in [5.74, 6) is -4.56. The van der Waals surface area contributed by atoms with Gasteiger partial charge in [-0.3, -0.25) is 19.2 Å². The standard InChI is InChI=1S/C24H23N3O9/c28-20(29)10-26(11-21(30)31)17-5-1-2-7-19(17)36-14-16-9-8-15-4-3-6-18(24(15)25-16)27(12-22(32)33)13-23(34)35/h1-9H,10-14H2,(H,28,29)(H,30,31)(H,32,33)(H,34,35). The van der Waals surface area contributed by atoms with Crippen LogP contribution in [0.4, 0.5) is 11.4 Å². The number of hydrogen-bond acceptors (Lipinski definition) is 8. The van der Waals surface area contributed by atoms with Crippen molar-refractivity contribution < 1.29 is 44.3 Å². The summed E-state index contributed by atoms with van der Waals surface area (Å²) < 4.78 is 5.85. The maximum atomic E-state index is 11.3. The van der Waals surface area contributed by atoms with Crippen LogP contribution in [-0.2, 0) is 25.8 Å². The second-order valence-corrected chi connectivity index (χ2v) is 7.69. The molecule has 2 aromatic carbocycles. The summed E-state index contributed by atoms with van der Waals surface area (Å²) in [6.45, 7) is -2.25. The predicted octanol–water partition coefficient (Wildman–Crippen LogP) is 1.76. The van der Waals surface area contributed by atoms with Gasteiger partial charge in [0, 0.05) is 5.39 Å². The molecule has 0 aliphatic carbocycles. The molecular weight excluding hydrogens is 474 g/mol. The van der Waals surface area contributed by atoms with E-state index in [-0.39, 0.29) is 18.0 Å². The van der Waals surface area contributed by atoms with Gasteiger partial charge in [0.2, 0.25) is 0 Å². The number of fused-ring (bicyclic) bond motifs is 1. The van der Waals surface area contributed by atoms with E-state index in [0.717, 1.165) is 4.90 Å². The molecule has 0 bridgehead atoms. The second kappa shape index (κ2) is 11.5. The van der Waals surface area contributed by atoms with Crippen molar-refractivity contribution in [1.82, 2.24) is 4.98 Å². The van der Waals surface area contributed by atoms with Crippen molar-refractivity contribution >= 4 is 46.2 Å². The largest absolute Gasteiger partial charge is 0.485 e. The summed E-state index contributed by atoms with van der Waals surface area (Å²) >= 11 is 0. The Bertz CT molecular complexity index is 1260. The lowest BCUT2D eigenvalue weighted by Crippen LogP contribution is -2.34. The summed E-state index contributed by atoms with van der Waals surface area (Å²) in [4.78, 5) is 52.0. The molecule has 12 heteroatoms. The molecule has 0 unspecified atom stereocenters. The quantitative estimate of drug-likeness (QED) is 0.269. The first-order chi connectivity index (χ1) is 17.1. The van der Waals surface area contributed by atoms with Crippen molar-refractivity contribution in [2.24, 2.45) is 0 Å². The summed E-state index contributed by atoms with van der Waals surface area (Å²) in [6.07, 6.45) is 0. The number of carbonyl (C=O) groups is 4. The van der Waals surface area contributed by atoms with Crippen molar-refractivity contribution in [3.8, 4) is 5.75 Å². The Hall–Kier alpha value is -4.87. The summed E-state index contributed by atoms with van der Waals surface area (Å²) in [5, 5.41) is 37.5. The molecule has 1 heterocycles. The molecule has 0 amide bonds. The van der Waals surface area contributed by atoms with E-state index in [4.69, 9.17) is 4.74 Å². The number of anilines is 2. The van der Waals surface area contributed by atoms with Crippen molar-refractivity contribution in [2.45, 2.75) is 6.61 Å². The normalized spacial score (nSPS) is 10.6. The van der Waals surface area contributed by atoms with Gasteiger partial charge in [-0.05, 0) is 24.3 Å². The lowest BCUT2D eigenvalue weighted by Gasteiger charge is -2.23. The third-order valence-electron chi connectivity index (χ3n) is 4.98. The van der Waals surface area contributed by atoms with E-state index in [9.17, 15) is 39.6 Å². The molecule has 3 rings (SSSR count). The Morgan fingerprint density at radius 3 is 1.78 bits per heavy atom. The van der Waals surface area contributed by atoms with Gasteiger partial charge in [-0.15, -0.1) is 0 Å². The molecule has 1 aromatic heterocycles. The van der Waals surface area contributed by atoms with Crippen LogP contribution >= 0.6 is 0 Å². The van der Waals surface area contributed by atoms with Crippen molar-refractivity contribution in [1.29, 1.82) is 0 Å². The van der Waals surface area contributed by atoms with Gasteiger partial charge in [0.25, 0.3) is 0 Å². The van der Waals surface area contributed by atoms with E-state index in [1.165, 1.54) is 4.90 Å². The molecule has 0 aliphatic heterocycles. The van der Waals surface area contributed by atoms with E-state index < -0.39 is 50.1 Å². The minimum Gasteiger partial charge on any atom is -0.485 e. The average molecular weight is 497 g/mol. The van der Waals surface area contributed by atoms with Crippen LogP contribution in [0.25, 0.3) is 10.9 Å². The number of rotatable bonds is 13. The molecule has 0 saturated carbocycles. The van der Waals surface area contributed by atoms with Crippen molar-refractivity contribution in [3.63, 3.8) is 0 Å². The van der Waals surface area contributed by atoms with Gasteiger partial charge in [-0.25, -0.2) is 4.98 Å². The molecule has 12 nitrogen and oxygen atoms in total. The third-order valence-corrected chi connectivity index (χ3v) is 4.98. The Morgan fingerprint density at radius 1 is 0.667 bits per heavy atom. The molecule has 3 aromatic rings. The van der Waals surface area contributed by atoms with Crippen LogP contribution < -0.4 is 14.5 Å². The van der Waals surface area contributed by atoms with E-state index in [1.54, 1.807) is 54.6 Å². The number of aliphatic carboxylic acids is 4. The number of ether oxygens (including phenoxy) is 1. The van der Waals surface area contributed by atoms with Crippen LogP contribution in [0.5, 0.6) is 5.75 Å². The molecule has 0 saturated heterocycles. The van der Waals surface area contributed by atoms with Crippen LogP contribution in [0.15, 0.2) is 54.6 Å². The maximum absolute atomic E-state index is 11.3. The molecule has 4 N–H and O–H groups in total. The highest BCUT2D eigenvalue weighted by Crippen LogP contribution is 2.30. The van der Waals surface area contributed by atoms with Crippen molar-refractivity contribution in [2.75, 3.05) is 36.0 Å². The highest BCUT2D eigenvalue weighted by molar-refractivity contribution is 5.93. The van der Waals surface area contributed by atoms with Gasteiger partial charge in [-0.2, -0.15) is 0 Å². The fourth-order valence-corrected chi connectivity index (χ4v) is 3.61.